The predicted molar refractivity (Wildman–Crippen MR) is 64.9 cm³/mol. The van der Waals surface area contributed by atoms with Crippen LogP contribution in [-0.2, 0) is 10.5 Å². The van der Waals surface area contributed by atoms with Crippen LogP contribution in [0.1, 0.15) is 18.1 Å². The van der Waals surface area contributed by atoms with E-state index in [4.69, 9.17) is 0 Å². The Balaban J connectivity index is 2.49. The number of hydrogen-bond donors (Lipinski definition) is 0. The van der Waals surface area contributed by atoms with Gasteiger partial charge >= 0.3 is 0 Å². The first-order valence-corrected chi connectivity index (χ1v) is 5.46. The number of benzene rings is 2. The van der Waals surface area contributed by atoms with E-state index in [9.17, 15) is 5.11 Å². The zero-order chi connectivity index (χ0) is 11.4. The average molecular weight is 211 g/mol. The van der Waals surface area contributed by atoms with Gasteiger partial charge in [-0.2, -0.15) is 0 Å². The first-order chi connectivity index (χ1) is 7.77. The largest absolute Gasteiger partial charge is 0.235 e. The molecule has 1 heteroatoms. The second-order valence-corrected chi connectivity index (χ2v) is 4.21. The van der Waals surface area contributed by atoms with Gasteiger partial charge in [-0.05, 0) is 18.1 Å². The maximum Gasteiger partial charge on any atom is 0.0956 e. The molecule has 0 N–H and O–H groups in total. The highest BCUT2D eigenvalue weighted by atomic mass is 16.3. The fraction of sp³-hybridized carbons (Fsp3) is 0.200. The minimum absolute atomic E-state index is 0.138. The van der Waals surface area contributed by atoms with Gasteiger partial charge in [0.25, 0.3) is 0 Å². The van der Waals surface area contributed by atoms with Crippen LogP contribution in [0.5, 0.6) is 0 Å². The smallest absolute Gasteiger partial charge is 0.0956 e. The minimum atomic E-state index is -0.428. The van der Waals surface area contributed by atoms with Crippen LogP contribution in [0.25, 0.3) is 0 Å². The van der Waals surface area contributed by atoms with Crippen LogP contribution in [0.2, 0.25) is 0 Å². The summed E-state index contributed by atoms with van der Waals surface area (Å²) < 4.78 is 0. The summed E-state index contributed by atoms with van der Waals surface area (Å²) in [5, 5.41) is 11.6. The molecule has 16 heavy (non-hydrogen) atoms. The lowest BCUT2D eigenvalue weighted by Crippen LogP contribution is -2.27. The Hall–Kier alpha value is -1.60. The maximum atomic E-state index is 11.6. The molecule has 1 radical (unpaired) electrons. The van der Waals surface area contributed by atoms with Gasteiger partial charge in [0.15, 0.2) is 0 Å². The summed E-state index contributed by atoms with van der Waals surface area (Å²) in [4.78, 5) is 0. The quantitative estimate of drug-likeness (QED) is 0.741. The molecule has 0 atom stereocenters. The molecule has 81 valence electrons. The molecule has 1 nitrogen and oxygen atoms in total. The maximum absolute atomic E-state index is 11.6. The number of hydrogen-bond acceptors (Lipinski definition) is 0. The molecule has 0 aliphatic heterocycles. The van der Waals surface area contributed by atoms with Gasteiger partial charge in [-0.3, -0.25) is 0 Å². The van der Waals surface area contributed by atoms with Gasteiger partial charge < -0.3 is 0 Å². The van der Waals surface area contributed by atoms with E-state index in [1.165, 1.54) is 0 Å². The molecule has 2 rings (SSSR count). The highest BCUT2D eigenvalue weighted by Gasteiger charge is 2.28. The molecule has 0 aromatic heterocycles. The van der Waals surface area contributed by atoms with E-state index in [2.05, 4.69) is 0 Å². The molecule has 0 amide bonds. The predicted octanol–water partition coefficient (Wildman–Crippen LogP) is 3.42. The van der Waals surface area contributed by atoms with Crippen LogP contribution >= 0.6 is 0 Å². The Morgan fingerprint density at radius 1 is 0.812 bits per heavy atom. The molecule has 2 aromatic carbocycles. The van der Waals surface area contributed by atoms with Crippen LogP contribution in [0.4, 0.5) is 0 Å². The molecule has 0 bridgehead atoms. The molecule has 0 aliphatic rings. The molecular weight excluding hydrogens is 196 g/mol. The van der Waals surface area contributed by atoms with Crippen molar-refractivity contribution in [3.05, 3.63) is 71.8 Å². The molecule has 0 fully saturated rings. The summed E-state index contributed by atoms with van der Waals surface area (Å²) >= 11 is 0. The summed E-state index contributed by atoms with van der Waals surface area (Å²) in [6.45, 7) is 1.87. The van der Waals surface area contributed by atoms with E-state index in [1.54, 1.807) is 0 Å². The molecule has 0 spiro atoms. The van der Waals surface area contributed by atoms with Crippen LogP contribution in [0.15, 0.2) is 60.7 Å². The Morgan fingerprint density at radius 2 is 1.19 bits per heavy atom. The van der Waals surface area contributed by atoms with Gasteiger partial charge in [-0.1, -0.05) is 60.7 Å². The van der Waals surface area contributed by atoms with Crippen LogP contribution in [-0.4, -0.2) is 6.61 Å². The van der Waals surface area contributed by atoms with Crippen molar-refractivity contribution in [1.82, 2.24) is 0 Å². The monoisotopic (exact) mass is 211 g/mol. The minimum Gasteiger partial charge on any atom is -0.235 e. The Morgan fingerprint density at radius 3 is 1.50 bits per heavy atom. The average Bonchev–Trinajstić information content (AvgIpc) is 2.40. The van der Waals surface area contributed by atoms with Crippen LogP contribution < -0.4 is 0 Å². The second-order valence-electron chi connectivity index (χ2n) is 4.21. The van der Waals surface area contributed by atoms with Crippen molar-refractivity contribution in [2.45, 2.75) is 12.3 Å². The molecule has 0 aliphatic carbocycles. The summed E-state index contributed by atoms with van der Waals surface area (Å²) in [6.07, 6.45) is 0. The highest BCUT2D eigenvalue weighted by Crippen LogP contribution is 2.31. The topological polar surface area (TPSA) is 19.9 Å². The van der Waals surface area contributed by atoms with E-state index >= 15 is 0 Å². The standard InChI is InChI=1S/C15H15O/c1-15(12-16,13-8-4-2-5-9-13)14-10-6-3-7-11-14/h2-11H,12H2,1H3. The molecule has 0 heterocycles. The van der Waals surface area contributed by atoms with Crippen molar-refractivity contribution in [2.24, 2.45) is 0 Å². The van der Waals surface area contributed by atoms with Gasteiger partial charge in [-0.25, -0.2) is 5.11 Å². The molecule has 0 saturated carbocycles. The van der Waals surface area contributed by atoms with Gasteiger partial charge in [0.2, 0.25) is 0 Å². The van der Waals surface area contributed by atoms with Crippen LogP contribution in [0.3, 0.4) is 0 Å². The highest BCUT2D eigenvalue weighted by molar-refractivity contribution is 5.38. The molecule has 2 aromatic rings. The van der Waals surface area contributed by atoms with Crippen molar-refractivity contribution < 1.29 is 5.11 Å². The third-order valence-electron chi connectivity index (χ3n) is 3.11. The van der Waals surface area contributed by atoms with E-state index in [1.807, 2.05) is 67.6 Å². The first kappa shape index (κ1) is 10.9. The van der Waals surface area contributed by atoms with Gasteiger partial charge in [0.1, 0.15) is 0 Å². The Kier molecular flexibility index (Phi) is 3.07. The zero-order valence-corrected chi connectivity index (χ0v) is 9.39. The lowest BCUT2D eigenvalue weighted by Gasteiger charge is -2.27. The van der Waals surface area contributed by atoms with Crippen molar-refractivity contribution >= 4 is 0 Å². The third-order valence-corrected chi connectivity index (χ3v) is 3.11. The van der Waals surface area contributed by atoms with Crippen molar-refractivity contribution in [1.29, 1.82) is 0 Å². The lowest BCUT2D eigenvalue weighted by molar-refractivity contribution is 0.146. The molecular formula is C15H15O. The Labute approximate surface area is 96.4 Å². The van der Waals surface area contributed by atoms with Gasteiger partial charge in [0, 0.05) is 5.41 Å². The fourth-order valence-electron chi connectivity index (χ4n) is 1.95. The molecule has 0 unspecified atom stereocenters. The lowest BCUT2D eigenvalue weighted by atomic mass is 9.77. The third kappa shape index (κ3) is 1.86. The van der Waals surface area contributed by atoms with E-state index in [-0.39, 0.29) is 6.61 Å². The normalized spacial score (nSPS) is 11.4. The van der Waals surface area contributed by atoms with E-state index < -0.39 is 5.41 Å². The summed E-state index contributed by atoms with van der Waals surface area (Å²) in [5.74, 6) is 0. The van der Waals surface area contributed by atoms with Crippen molar-refractivity contribution in [3.63, 3.8) is 0 Å². The SMILES string of the molecule is CC(C[O])(c1ccccc1)c1ccccc1. The van der Waals surface area contributed by atoms with E-state index in [0.717, 1.165) is 11.1 Å². The first-order valence-electron chi connectivity index (χ1n) is 5.46. The van der Waals surface area contributed by atoms with Gasteiger partial charge in [-0.15, -0.1) is 0 Å². The van der Waals surface area contributed by atoms with Crippen molar-refractivity contribution in [3.8, 4) is 0 Å². The summed E-state index contributed by atoms with van der Waals surface area (Å²) in [6, 6.07) is 19.9. The molecule has 0 saturated heterocycles. The summed E-state index contributed by atoms with van der Waals surface area (Å²) in [5.41, 5.74) is 1.73. The number of rotatable bonds is 3. The van der Waals surface area contributed by atoms with Crippen LogP contribution in [0, 0.1) is 0 Å². The van der Waals surface area contributed by atoms with Gasteiger partial charge in [0.05, 0.1) is 6.61 Å². The van der Waals surface area contributed by atoms with E-state index in [0.29, 0.717) is 0 Å². The summed E-state index contributed by atoms with van der Waals surface area (Å²) in [7, 11) is 0. The van der Waals surface area contributed by atoms with Crippen molar-refractivity contribution in [2.75, 3.05) is 6.61 Å². The second kappa shape index (κ2) is 4.50. The zero-order valence-electron chi connectivity index (χ0n) is 9.39. The fourth-order valence-corrected chi connectivity index (χ4v) is 1.95. The Bertz CT molecular complexity index is 394.